The third-order valence-corrected chi connectivity index (χ3v) is 5.15. The van der Waals surface area contributed by atoms with Gasteiger partial charge in [0.15, 0.2) is 0 Å². The second-order valence-corrected chi connectivity index (χ2v) is 7.44. The molecule has 4 heteroatoms. The van der Waals surface area contributed by atoms with Gasteiger partial charge in [0.2, 0.25) is 0 Å². The summed E-state index contributed by atoms with van der Waals surface area (Å²) in [4.78, 5) is 17.1. The van der Waals surface area contributed by atoms with Gasteiger partial charge in [-0.05, 0) is 35.9 Å². The highest BCUT2D eigenvalue weighted by Crippen LogP contribution is 2.32. The van der Waals surface area contributed by atoms with E-state index in [4.69, 9.17) is 0 Å². The summed E-state index contributed by atoms with van der Waals surface area (Å²) >= 11 is 0. The van der Waals surface area contributed by atoms with Gasteiger partial charge >= 0.3 is 0 Å². The molecule has 0 unspecified atom stereocenters. The number of fused-ring (bicyclic) bond motifs is 1. The molecule has 30 heavy (non-hydrogen) atoms. The Bertz CT molecular complexity index is 1230. The largest absolute Gasteiger partial charge is 0.507 e. The molecule has 0 aliphatic carbocycles. The van der Waals surface area contributed by atoms with E-state index < -0.39 is 0 Å². The number of nitrogens with one attached hydrogen (secondary N) is 1. The van der Waals surface area contributed by atoms with E-state index in [2.05, 4.69) is 53.3 Å². The summed E-state index contributed by atoms with van der Waals surface area (Å²) in [6, 6.07) is 23.5. The molecule has 0 fully saturated rings. The van der Waals surface area contributed by atoms with Gasteiger partial charge in [0.25, 0.3) is 5.56 Å². The molecule has 1 aromatic heterocycles. The number of phenolic OH excluding ortho intramolecular Hbond substituents is 1. The molecule has 0 spiro atoms. The smallest absolute Gasteiger partial charge is 0.255 e. The molecule has 4 aromatic rings. The van der Waals surface area contributed by atoms with Crippen LogP contribution in [0, 0.1) is 0 Å². The number of likely N-dealkylation sites (N-methyl/N-ethyl adjacent to an activating group) is 1. The maximum absolute atomic E-state index is 12.1. The van der Waals surface area contributed by atoms with Gasteiger partial charge in [-0.25, -0.2) is 0 Å². The maximum Gasteiger partial charge on any atom is 0.255 e. The fraction of sp³-hybridized carbons (Fsp3) is 0.115. The zero-order chi connectivity index (χ0) is 20.9. The van der Waals surface area contributed by atoms with E-state index >= 15 is 0 Å². The SMILES string of the molecule is CN(CC=Cc1ccc(-c2c[nH]c(=O)c3cccc(O)c23)cc1)Cc1ccccc1. The van der Waals surface area contributed by atoms with Gasteiger partial charge in [0.1, 0.15) is 5.75 Å². The summed E-state index contributed by atoms with van der Waals surface area (Å²) < 4.78 is 0. The molecule has 150 valence electrons. The zero-order valence-corrected chi connectivity index (χ0v) is 16.9. The Morgan fingerprint density at radius 3 is 2.50 bits per heavy atom. The van der Waals surface area contributed by atoms with E-state index in [1.807, 2.05) is 30.3 Å². The molecule has 0 aliphatic rings. The number of benzene rings is 3. The van der Waals surface area contributed by atoms with E-state index in [1.54, 1.807) is 24.4 Å². The van der Waals surface area contributed by atoms with Crippen LogP contribution in [0.4, 0.5) is 0 Å². The Labute approximate surface area is 175 Å². The van der Waals surface area contributed by atoms with Crippen LogP contribution in [0.5, 0.6) is 5.75 Å². The van der Waals surface area contributed by atoms with Crippen molar-refractivity contribution in [1.29, 1.82) is 0 Å². The van der Waals surface area contributed by atoms with Crippen molar-refractivity contribution < 1.29 is 5.11 Å². The van der Waals surface area contributed by atoms with Gasteiger partial charge in [0.05, 0.1) is 5.39 Å². The predicted molar refractivity (Wildman–Crippen MR) is 123 cm³/mol. The summed E-state index contributed by atoms with van der Waals surface area (Å²) in [7, 11) is 2.11. The van der Waals surface area contributed by atoms with Crippen LogP contribution in [-0.4, -0.2) is 28.6 Å². The maximum atomic E-state index is 12.1. The number of aromatic amines is 1. The minimum absolute atomic E-state index is 0.110. The van der Waals surface area contributed by atoms with Crippen LogP contribution in [0.1, 0.15) is 11.1 Å². The van der Waals surface area contributed by atoms with E-state index in [1.165, 1.54) is 5.56 Å². The van der Waals surface area contributed by atoms with Crippen molar-refractivity contribution in [3.63, 3.8) is 0 Å². The predicted octanol–water partition coefficient (Wildman–Crippen LogP) is 5.05. The monoisotopic (exact) mass is 396 g/mol. The summed E-state index contributed by atoms with van der Waals surface area (Å²) in [5.74, 6) is 0.110. The lowest BCUT2D eigenvalue weighted by molar-refractivity contribution is 0.364. The number of pyridine rings is 1. The molecular formula is C26H24N2O2. The number of hydrogen-bond acceptors (Lipinski definition) is 3. The first-order valence-electron chi connectivity index (χ1n) is 9.94. The van der Waals surface area contributed by atoms with Gasteiger partial charge < -0.3 is 10.1 Å². The Kier molecular flexibility index (Phi) is 5.77. The van der Waals surface area contributed by atoms with Crippen molar-refractivity contribution in [3.05, 3.63) is 107 Å². The molecule has 2 N–H and O–H groups in total. The Balaban J connectivity index is 1.49. The highest BCUT2D eigenvalue weighted by Gasteiger charge is 2.10. The fourth-order valence-corrected chi connectivity index (χ4v) is 3.63. The van der Waals surface area contributed by atoms with Crippen LogP contribution in [0.15, 0.2) is 89.9 Å². The van der Waals surface area contributed by atoms with E-state index in [-0.39, 0.29) is 11.3 Å². The number of nitrogens with zero attached hydrogens (tertiary/aromatic N) is 1. The van der Waals surface area contributed by atoms with Gasteiger partial charge in [-0.3, -0.25) is 9.69 Å². The third-order valence-electron chi connectivity index (χ3n) is 5.15. The first kappa shape index (κ1) is 19.7. The normalized spacial score (nSPS) is 11.5. The number of aromatic hydroxyl groups is 1. The first-order chi connectivity index (χ1) is 14.6. The van der Waals surface area contributed by atoms with Gasteiger partial charge in [-0.2, -0.15) is 0 Å². The summed E-state index contributed by atoms with van der Waals surface area (Å²) in [5.41, 5.74) is 3.94. The summed E-state index contributed by atoms with van der Waals surface area (Å²) in [5, 5.41) is 11.4. The number of phenols is 1. The lowest BCUT2D eigenvalue weighted by Crippen LogP contribution is -2.17. The van der Waals surface area contributed by atoms with Crippen LogP contribution in [0.3, 0.4) is 0 Å². The quantitative estimate of drug-likeness (QED) is 0.480. The van der Waals surface area contributed by atoms with Crippen molar-refractivity contribution in [1.82, 2.24) is 9.88 Å². The van der Waals surface area contributed by atoms with E-state index in [0.29, 0.717) is 10.8 Å². The average molecular weight is 396 g/mol. The molecule has 4 nitrogen and oxygen atoms in total. The van der Waals surface area contributed by atoms with Gasteiger partial charge in [-0.15, -0.1) is 0 Å². The highest BCUT2D eigenvalue weighted by atomic mass is 16.3. The van der Waals surface area contributed by atoms with Crippen LogP contribution in [-0.2, 0) is 6.54 Å². The Hall–Kier alpha value is -3.63. The molecule has 4 rings (SSSR count). The second-order valence-electron chi connectivity index (χ2n) is 7.44. The number of rotatable bonds is 6. The summed E-state index contributed by atoms with van der Waals surface area (Å²) in [6.07, 6.45) is 5.92. The van der Waals surface area contributed by atoms with Crippen LogP contribution in [0.25, 0.3) is 28.0 Å². The summed E-state index contributed by atoms with van der Waals surface area (Å²) in [6.45, 7) is 1.77. The highest BCUT2D eigenvalue weighted by molar-refractivity contribution is 5.99. The van der Waals surface area contributed by atoms with Crippen molar-refractivity contribution >= 4 is 16.8 Å². The van der Waals surface area contributed by atoms with Crippen molar-refractivity contribution in [2.75, 3.05) is 13.6 Å². The Morgan fingerprint density at radius 2 is 1.73 bits per heavy atom. The van der Waals surface area contributed by atoms with E-state index in [0.717, 1.165) is 29.8 Å². The second kappa shape index (κ2) is 8.80. The van der Waals surface area contributed by atoms with Gasteiger partial charge in [-0.1, -0.05) is 72.8 Å². The van der Waals surface area contributed by atoms with Crippen molar-refractivity contribution in [3.8, 4) is 16.9 Å². The topological polar surface area (TPSA) is 56.3 Å². The molecular weight excluding hydrogens is 372 g/mol. The zero-order valence-electron chi connectivity index (χ0n) is 16.9. The molecule has 0 bridgehead atoms. The lowest BCUT2D eigenvalue weighted by atomic mass is 9.99. The minimum atomic E-state index is -0.205. The van der Waals surface area contributed by atoms with Crippen LogP contribution in [0.2, 0.25) is 0 Å². The van der Waals surface area contributed by atoms with Crippen LogP contribution >= 0.6 is 0 Å². The minimum Gasteiger partial charge on any atom is -0.507 e. The molecule has 3 aromatic carbocycles. The molecule has 0 atom stereocenters. The van der Waals surface area contributed by atoms with E-state index in [9.17, 15) is 9.90 Å². The fourth-order valence-electron chi connectivity index (χ4n) is 3.63. The molecule has 1 heterocycles. The molecule has 0 aliphatic heterocycles. The average Bonchev–Trinajstić information content (AvgIpc) is 2.76. The van der Waals surface area contributed by atoms with Crippen LogP contribution < -0.4 is 5.56 Å². The number of hydrogen-bond donors (Lipinski definition) is 2. The molecule has 0 radical (unpaired) electrons. The van der Waals surface area contributed by atoms with Crippen molar-refractivity contribution in [2.45, 2.75) is 6.54 Å². The molecule has 0 saturated heterocycles. The Morgan fingerprint density at radius 1 is 0.967 bits per heavy atom. The third kappa shape index (κ3) is 4.34. The number of H-pyrrole nitrogens is 1. The standard InChI is InChI=1S/C26H24N2O2/c1-28(18-20-7-3-2-4-8-20)16-6-9-19-12-14-21(15-13-19)23-17-27-26(30)22-10-5-11-24(29)25(22)23/h2-15,17,29H,16,18H2,1H3,(H,27,30). The first-order valence-corrected chi connectivity index (χ1v) is 9.94. The van der Waals surface area contributed by atoms with Gasteiger partial charge in [0, 0.05) is 30.2 Å². The lowest BCUT2D eigenvalue weighted by Gasteiger charge is -2.14. The number of aromatic nitrogens is 1. The van der Waals surface area contributed by atoms with Crippen molar-refractivity contribution in [2.24, 2.45) is 0 Å². The molecule has 0 amide bonds. The molecule has 0 saturated carbocycles.